The van der Waals surface area contributed by atoms with Crippen molar-refractivity contribution < 1.29 is 19.1 Å². The van der Waals surface area contributed by atoms with Crippen LogP contribution in [0.4, 0.5) is 5.69 Å². The maximum atomic E-state index is 14.2. The Bertz CT molecular complexity index is 1740. The number of carbonyl (C=O) groups is 3. The quantitative estimate of drug-likeness (QED) is 0.225. The van der Waals surface area contributed by atoms with Crippen molar-refractivity contribution >= 4 is 45.8 Å². The second-order valence-corrected chi connectivity index (χ2v) is 10.3. The second-order valence-electron chi connectivity index (χ2n) is 9.48. The van der Waals surface area contributed by atoms with E-state index < -0.39 is 23.8 Å². The summed E-state index contributed by atoms with van der Waals surface area (Å²) >= 11 is 0.771. The molecule has 5 rings (SSSR count). The fourth-order valence-electron chi connectivity index (χ4n) is 4.59. The van der Waals surface area contributed by atoms with Gasteiger partial charge in [0, 0.05) is 24.7 Å². The SMILES string of the molecule is COc1ccc(CNC(=O)[C@@H](c2ccc3ncccc3c2)N(Cc2ccccc2)C(=O)c2snc(C(N)=O)c2N)cc1. The van der Waals surface area contributed by atoms with Crippen LogP contribution in [0.3, 0.4) is 0 Å². The number of nitrogens with one attached hydrogen (secondary N) is 1. The average Bonchev–Trinajstić information content (AvgIpc) is 3.41. The second kappa shape index (κ2) is 12.5. The lowest BCUT2D eigenvalue weighted by atomic mass is 10.00. The average molecular weight is 581 g/mol. The standard InChI is InChI=1S/C31H28N6O4S/c1-41-23-12-9-19(10-13-23)17-35-30(39)27(22-11-14-24-21(16-22)8-5-15-34-24)37(18-20-6-3-2-4-7-20)31(40)28-25(32)26(29(33)38)36-42-28/h2-16,27H,17-18,32H2,1H3,(H2,33,38)(H,35,39)/t27-/m1/s1. The normalized spacial score (nSPS) is 11.5. The van der Waals surface area contributed by atoms with Crippen molar-refractivity contribution in [3.63, 3.8) is 0 Å². The van der Waals surface area contributed by atoms with E-state index >= 15 is 0 Å². The molecule has 42 heavy (non-hydrogen) atoms. The highest BCUT2D eigenvalue weighted by molar-refractivity contribution is 7.09. The highest BCUT2D eigenvalue weighted by Crippen LogP contribution is 2.31. The molecule has 0 aliphatic heterocycles. The minimum atomic E-state index is -1.07. The van der Waals surface area contributed by atoms with E-state index in [0.29, 0.717) is 11.3 Å². The molecule has 10 nitrogen and oxygen atoms in total. The van der Waals surface area contributed by atoms with Crippen molar-refractivity contribution in [3.05, 3.63) is 118 Å². The van der Waals surface area contributed by atoms with E-state index in [1.54, 1.807) is 25.4 Å². The van der Waals surface area contributed by atoms with Gasteiger partial charge in [0.1, 0.15) is 16.7 Å². The maximum absolute atomic E-state index is 14.2. The first-order chi connectivity index (χ1) is 20.4. The third kappa shape index (κ3) is 6.06. The van der Waals surface area contributed by atoms with E-state index in [0.717, 1.165) is 33.6 Å². The van der Waals surface area contributed by atoms with Crippen LogP contribution in [0.1, 0.15) is 42.9 Å². The van der Waals surface area contributed by atoms with Gasteiger partial charge in [-0.3, -0.25) is 19.4 Å². The summed E-state index contributed by atoms with van der Waals surface area (Å²) in [6, 6.07) is 24.7. The van der Waals surface area contributed by atoms with Crippen LogP contribution in [0.2, 0.25) is 0 Å². The van der Waals surface area contributed by atoms with E-state index in [-0.39, 0.29) is 29.3 Å². The number of benzene rings is 3. The van der Waals surface area contributed by atoms with Gasteiger partial charge in [-0.2, -0.15) is 4.37 Å². The first-order valence-electron chi connectivity index (χ1n) is 13.0. The Balaban J connectivity index is 1.58. The number of carbonyl (C=O) groups excluding carboxylic acids is 3. The van der Waals surface area contributed by atoms with Gasteiger partial charge in [0.15, 0.2) is 5.69 Å². The monoisotopic (exact) mass is 580 g/mol. The molecule has 5 N–H and O–H groups in total. The minimum Gasteiger partial charge on any atom is -0.497 e. The molecule has 0 unspecified atom stereocenters. The van der Waals surface area contributed by atoms with Crippen LogP contribution < -0.4 is 21.5 Å². The van der Waals surface area contributed by atoms with Crippen LogP contribution in [0.25, 0.3) is 10.9 Å². The summed E-state index contributed by atoms with van der Waals surface area (Å²) in [6.45, 7) is 0.297. The van der Waals surface area contributed by atoms with Gasteiger partial charge < -0.3 is 26.4 Å². The third-order valence-corrected chi connectivity index (χ3v) is 7.59. The molecule has 0 saturated carbocycles. The molecule has 0 aliphatic carbocycles. The summed E-state index contributed by atoms with van der Waals surface area (Å²) < 4.78 is 9.24. The van der Waals surface area contributed by atoms with E-state index in [1.807, 2.05) is 72.8 Å². The van der Waals surface area contributed by atoms with Crippen LogP contribution in [0.5, 0.6) is 5.75 Å². The number of primary amides is 1. The number of anilines is 1. The van der Waals surface area contributed by atoms with E-state index in [2.05, 4.69) is 14.7 Å². The Morgan fingerprint density at radius 2 is 1.74 bits per heavy atom. The molecule has 2 heterocycles. The number of aromatic nitrogens is 2. The molecule has 11 heteroatoms. The molecule has 3 aromatic carbocycles. The van der Waals surface area contributed by atoms with Crippen molar-refractivity contribution in [1.82, 2.24) is 19.6 Å². The summed E-state index contributed by atoms with van der Waals surface area (Å²) in [6.07, 6.45) is 1.69. The number of nitrogens with zero attached hydrogens (tertiary/aromatic N) is 3. The molecular weight excluding hydrogens is 552 g/mol. The molecule has 5 aromatic rings. The molecule has 0 spiro atoms. The first kappa shape index (κ1) is 28.2. The van der Waals surface area contributed by atoms with Crippen LogP contribution in [0.15, 0.2) is 91.1 Å². The van der Waals surface area contributed by atoms with Gasteiger partial charge in [-0.25, -0.2) is 0 Å². The first-order valence-corrected chi connectivity index (χ1v) is 13.8. The third-order valence-electron chi connectivity index (χ3n) is 6.74. The highest BCUT2D eigenvalue weighted by Gasteiger charge is 2.35. The summed E-state index contributed by atoms with van der Waals surface area (Å²) in [5.41, 5.74) is 14.2. The molecule has 0 bridgehead atoms. The predicted octanol–water partition coefficient (Wildman–Crippen LogP) is 4.08. The van der Waals surface area contributed by atoms with Crippen molar-refractivity contribution in [1.29, 1.82) is 0 Å². The number of fused-ring (bicyclic) bond motifs is 1. The number of pyridine rings is 1. The fraction of sp³-hybridized carbons (Fsp3) is 0.129. The van der Waals surface area contributed by atoms with Crippen LogP contribution >= 0.6 is 11.5 Å². The zero-order valence-electron chi connectivity index (χ0n) is 22.7. The van der Waals surface area contributed by atoms with E-state index in [1.165, 1.54) is 4.90 Å². The van der Waals surface area contributed by atoms with Crippen molar-refractivity contribution in [3.8, 4) is 5.75 Å². The summed E-state index contributed by atoms with van der Waals surface area (Å²) in [5.74, 6) is -1.10. The van der Waals surface area contributed by atoms with Crippen LogP contribution in [-0.2, 0) is 17.9 Å². The molecule has 0 radical (unpaired) electrons. The molecule has 212 valence electrons. The molecule has 3 amide bonds. The lowest BCUT2D eigenvalue weighted by Gasteiger charge is -2.31. The molecule has 0 fully saturated rings. The van der Waals surface area contributed by atoms with Crippen LogP contribution in [0, 0.1) is 0 Å². The fourth-order valence-corrected chi connectivity index (χ4v) is 5.35. The molecule has 0 saturated heterocycles. The lowest BCUT2D eigenvalue weighted by Crippen LogP contribution is -2.43. The number of hydrogen-bond donors (Lipinski definition) is 3. The maximum Gasteiger partial charge on any atom is 0.270 e. The van der Waals surface area contributed by atoms with Gasteiger partial charge >= 0.3 is 0 Å². The number of amides is 3. The van der Waals surface area contributed by atoms with Gasteiger partial charge in [0.05, 0.1) is 18.3 Å². The van der Waals surface area contributed by atoms with Crippen molar-refractivity contribution in [2.45, 2.75) is 19.1 Å². The number of methoxy groups -OCH3 is 1. The number of nitrogens with two attached hydrogens (primary N) is 2. The number of nitrogen functional groups attached to an aromatic ring is 1. The number of ether oxygens (including phenoxy) is 1. The Kier molecular flexibility index (Phi) is 8.39. The van der Waals surface area contributed by atoms with Gasteiger partial charge in [-0.05, 0) is 58.6 Å². The van der Waals surface area contributed by atoms with E-state index in [4.69, 9.17) is 16.2 Å². The summed E-state index contributed by atoms with van der Waals surface area (Å²) in [5, 5.41) is 3.80. The minimum absolute atomic E-state index is 0.0233. The molecule has 0 aliphatic rings. The lowest BCUT2D eigenvalue weighted by molar-refractivity contribution is -0.126. The Hall–Kier alpha value is -5.29. The van der Waals surface area contributed by atoms with Gasteiger partial charge in [-0.15, -0.1) is 0 Å². The predicted molar refractivity (Wildman–Crippen MR) is 161 cm³/mol. The largest absolute Gasteiger partial charge is 0.497 e. The Labute approximate surface area is 246 Å². The van der Waals surface area contributed by atoms with Gasteiger partial charge in [0.25, 0.3) is 11.8 Å². The summed E-state index contributed by atoms with van der Waals surface area (Å²) in [7, 11) is 1.58. The molecular formula is C31H28N6O4S. The zero-order chi connectivity index (χ0) is 29.6. The number of rotatable bonds is 10. The zero-order valence-corrected chi connectivity index (χ0v) is 23.5. The Morgan fingerprint density at radius 3 is 2.43 bits per heavy atom. The van der Waals surface area contributed by atoms with Gasteiger partial charge in [-0.1, -0.05) is 54.6 Å². The van der Waals surface area contributed by atoms with Gasteiger partial charge in [0.2, 0.25) is 5.91 Å². The topological polar surface area (TPSA) is 154 Å². The van der Waals surface area contributed by atoms with Crippen molar-refractivity contribution in [2.24, 2.45) is 5.73 Å². The highest BCUT2D eigenvalue weighted by atomic mass is 32.1. The smallest absolute Gasteiger partial charge is 0.270 e. The van der Waals surface area contributed by atoms with Crippen molar-refractivity contribution in [2.75, 3.05) is 12.8 Å². The molecule has 2 aromatic heterocycles. The molecule has 1 atom stereocenters. The van der Waals surface area contributed by atoms with E-state index in [9.17, 15) is 14.4 Å². The van der Waals surface area contributed by atoms with Crippen LogP contribution in [-0.4, -0.2) is 39.1 Å². The number of hydrogen-bond acceptors (Lipinski definition) is 8. The summed E-state index contributed by atoms with van der Waals surface area (Å²) in [4.78, 5) is 46.0. The Morgan fingerprint density at radius 1 is 0.976 bits per heavy atom.